The van der Waals surface area contributed by atoms with Crippen molar-refractivity contribution in [2.45, 2.75) is 69.9 Å². The van der Waals surface area contributed by atoms with Gasteiger partial charge < -0.3 is 29.6 Å². The number of aliphatic hydroxyl groups is 4. The molecule has 5 atom stereocenters. The molecule has 7 heteroatoms. The number of hydrogen-bond acceptors (Lipinski definition) is 6. The predicted molar refractivity (Wildman–Crippen MR) is 146 cm³/mol. The first-order valence-corrected chi connectivity index (χ1v) is 14.7. The van der Waals surface area contributed by atoms with E-state index in [-0.39, 0.29) is 5.04 Å². The molecule has 3 aromatic rings. The summed E-state index contributed by atoms with van der Waals surface area (Å²) in [6, 6.07) is 26.6. The van der Waals surface area contributed by atoms with Gasteiger partial charge in [-0.15, -0.1) is 0 Å². The lowest BCUT2D eigenvalue weighted by Gasteiger charge is -2.43. The number of benzene rings is 3. The second-order valence-electron chi connectivity index (χ2n) is 10.9. The van der Waals surface area contributed by atoms with Gasteiger partial charge in [0.2, 0.25) is 0 Å². The Bertz CT molecular complexity index is 1120. The van der Waals surface area contributed by atoms with Gasteiger partial charge in [0, 0.05) is 0 Å². The second-order valence-corrected chi connectivity index (χ2v) is 15.2. The maximum atomic E-state index is 10.7. The van der Waals surface area contributed by atoms with E-state index in [1.54, 1.807) is 0 Å². The molecular weight excluding hydrogens is 484 g/mol. The number of hydrogen-bond donors (Lipinski definition) is 4. The van der Waals surface area contributed by atoms with E-state index in [4.69, 9.17) is 9.16 Å². The highest BCUT2D eigenvalue weighted by Gasteiger charge is 2.50. The zero-order chi connectivity index (χ0) is 26.8. The molecule has 1 heterocycles. The normalized spacial score (nSPS) is 24.7. The summed E-state index contributed by atoms with van der Waals surface area (Å²) < 4.78 is 12.9. The molecule has 0 aromatic heterocycles. The largest absolute Gasteiger partial charge is 0.403 e. The van der Waals surface area contributed by atoms with Crippen molar-refractivity contribution in [2.75, 3.05) is 6.61 Å². The summed E-state index contributed by atoms with van der Waals surface area (Å²) in [7, 11) is -2.75. The van der Waals surface area contributed by atoms with E-state index in [0.29, 0.717) is 12.2 Å². The highest BCUT2D eigenvalue weighted by atomic mass is 28.4. The molecule has 0 spiro atoms. The molecule has 0 saturated carbocycles. The summed E-state index contributed by atoms with van der Waals surface area (Å²) >= 11 is 0. The molecule has 0 amide bonds. The summed E-state index contributed by atoms with van der Waals surface area (Å²) in [6.07, 6.45) is -5.98. The lowest BCUT2D eigenvalue weighted by molar-refractivity contribution is -0.231. The van der Waals surface area contributed by atoms with Gasteiger partial charge in [0.05, 0.1) is 13.2 Å². The third kappa shape index (κ3) is 5.31. The van der Waals surface area contributed by atoms with Gasteiger partial charge in [0.15, 0.2) is 0 Å². The molecule has 0 unspecified atom stereocenters. The molecule has 1 saturated heterocycles. The predicted octanol–water partition coefficient (Wildman–Crippen LogP) is 2.59. The fourth-order valence-corrected chi connectivity index (χ4v) is 9.88. The van der Waals surface area contributed by atoms with Gasteiger partial charge in [-0.2, -0.15) is 0 Å². The van der Waals surface area contributed by atoms with E-state index in [1.165, 1.54) is 10.4 Å². The summed E-state index contributed by atoms with van der Waals surface area (Å²) in [5.74, 6) is 0. The van der Waals surface area contributed by atoms with Crippen LogP contribution in [0.15, 0.2) is 78.9 Å². The molecule has 0 radical (unpaired) electrons. The Balaban J connectivity index is 1.72. The van der Waals surface area contributed by atoms with E-state index < -0.39 is 45.4 Å². The number of aryl methyl sites for hydroxylation is 1. The van der Waals surface area contributed by atoms with Crippen LogP contribution in [-0.4, -0.2) is 59.8 Å². The fourth-order valence-electron chi connectivity index (χ4n) is 5.35. The van der Waals surface area contributed by atoms with Crippen molar-refractivity contribution in [3.05, 3.63) is 95.6 Å². The maximum Gasteiger partial charge on any atom is 0.261 e. The minimum Gasteiger partial charge on any atom is -0.403 e. The summed E-state index contributed by atoms with van der Waals surface area (Å²) in [5, 5.41) is 42.9. The number of aliphatic hydroxyl groups excluding tert-OH is 4. The van der Waals surface area contributed by atoms with Crippen LogP contribution in [-0.2, 0) is 15.8 Å². The molecule has 4 N–H and O–H groups in total. The standard InChI is InChI=1S/C30H38O6Si/c1-20-15-16-21(29-28(34)27(33)26(32)25(18-31)36-29)17-22(20)19-35-37(30(2,3)4,23-11-7-5-8-12-23)24-13-9-6-10-14-24/h5-17,25-29,31-34H,18-19H2,1-4H3/t25-,26-,27+,28-,29+/m1/s1. The van der Waals surface area contributed by atoms with Crippen LogP contribution in [0.1, 0.15) is 43.6 Å². The minimum absolute atomic E-state index is 0.168. The average Bonchev–Trinajstić information content (AvgIpc) is 2.89. The second kappa shape index (κ2) is 11.2. The summed E-state index contributed by atoms with van der Waals surface area (Å²) in [6.45, 7) is 8.60. The molecule has 4 rings (SSSR count). The van der Waals surface area contributed by atoms with E-state index in [0.717, 1.165) is 11.1 Å². The molecule has 1 aliphatic heterocycles. The number of ether oxygens (including phenoxy) is 1. The molecule has 0 bridgehead atoms. The van der Waals surface area contributed by atoms with Crippen molar-refractivity contribution >= 4 is 18.7 Å². The smallest absolute Gasteiger partial charge is 0.261 e. The van der Waals surface area contributed by atoms with E-state index in [1.807, 2.05) is 37.3 Å². The molecule has 6 nitrogen and oxygen atoms in total. The van der Waals surface area contributed by atoms with Crippen LogP contribution < -0.4 is 10.4 Å². The van der Waals surface area contributed by atoms with E-state index in [9.17, 15) is 20.4 Å². The van der Waals surface area contributed by atoms with Crippen LogP contribution in [0.25, 0.3) is 0 Å². The lowest BCUT2D eigenvalue weighted by Crippen LogP contribution is -2.66. The summed E-state index contributed by atoms with van der Waals surface area (Å²) in [5.41, 5.74) is 2.64. The van der Waals surface area contributed by atoms with Crippen molar-refractivity contribution in [3.63, 3.8) is 0 Å². The van der Waals surface area contributed by atoms with Gasteiger partial charge in [-0.25, -0.2) is 0 Å². The van der Waals surface area contributed by atoms with Crippen LogP contribution in [0.4, 0.5) is 0 Å². The Morgan fingerprint density at radius 1 is 0.811 bits per heavy atom. The first-order chi connectivity index (χ1) is 17.6. The van der Waals surface area contributed by atoms with Crippen LogP contribution >= 0.6 is 0 Å². The van der Waals surface area contributed by atoms with Crippen molar-refractivity contribution in [3.8, 4) is 0 Å². The maximum absolute atomic E-state index is 10.7. The van der Waals surface area contributed by atoms with Crippen molar-refractivity contribution in [1.29, 1.82) is 0 Å². The van der Waals surface area contributed by atoms with Gasteiger partial charge in [-0.05, 0) is 39.0 Å². The highest BCUT2D eigenvalue weighted by Crippen LogP contribution is 2.38. The quantitative estimate of drug-likeness (QED) is 0.356. The molecule has 3 aromatic carbocycles. The third-order valence-electron chi connectivity index (χ3n) is 7.45. The van der Waals surface area contributed by atoms with Gasteiger partial charge >= 0.3 is 0 Å². The molecule has 0 aliphatic carbocycles. The zero-order valence-electron chi connectivity index (χ0n) is 21.9. The van der Waals surface area contributed by atoms with Gasteiger partial charge in [-0.3, -0.25) is 0 Å². The van der Waals surface area contributed by atoms with Crippen molar-refractivity contribution in [2.24, 2.45) is 0 Å². The Hall–Kier alpha value is -2.36. The zero-order valence-corrected chi connectivity index (χ0v) is 22.9. The monoisotopic (exact) mass is 522 g/mol. The Labute approximate surface area is 220 Å². The van der Waals surface area contributed by atoms with Crippen LogP contribution in [0, 0.1) is 6.92 Å². The molecule has 1 fully saturated rings. The fraction of sp³-hybridized carbons (Fsp3) is 0.400. The van der Waals surface area contributed by atoms with Gasteiger partial charge in [0.1, 0.15) is 30.5 Å². The van der Waals surface area contributed by atoms with E-state index in [2.05, 4.69) is 69.3 Å². The summed E-state index contributed by atoms with van der Waals surface area (Å²) in [4.78, 5) is 0. The minimum atomic E-state index is -2.75. The van der Waals surface area contributed by atoms with Crippen LogP contribution in [0.2, 0.25) is 5.04 Å². The Morgan fingerprint density at radius 2 is 1.38 bits per heavy atom. The average molecular weight is 523 g/mol. The Morgan fingerprint density at radius 3 is 1.89 bits per heavy atom. The first-order valence-electron chi connectivity index (χ1n) is 12.7. The van der Waals surface area contributed by atoms with Crippen molar-refractivity contribution < 1.29 is 29.6 Å². The SMILES string of the molecule is Cc1ccc([C@@H]2O[C@H](CO)[C@@H](O)[C@H](O)[C@H]2O)cc1CO[Si](c1ccccc1)(c1ccccc1)C(C)(C)C. The lowest BCUT2D eigenvalue weighted by atomic mass is 9.90. The molecule has 37 heavy (non-hydrogen) atoms. The van der Waals surface area contributed by atoms with Gasteiger partial charge in [-0.1, -0.05) is 99.6 Å². The third-order valence-corrected chi connectivity index (χ3v) is 12.4. The first kappa shape index (κ1) is 27.7. The molecule has 1 aliphatic rings. The highest BCUT2D eigenvalue weighted by molar-refractivity contribution is 6.99. The topological polar surface area (TPSA) is 99.4 Å². The molecule has 198 valence electrons. The van der Waals surface area contributed by atoms with Crippen molar-refractivity contribution in [1.82, 2.24) is 0 Å². The van der Waals surface area contributed by atoms with Gasteiger partial charge in [0.25, 0.3) is 8.32 Å². The number of rotatable bonds is 7. The van der Waals surface area contributed by atoms with E-state index >= 15 is 0 Å². The van der Waals surface area contributed by atoms with Crippen LogP contribution in [0.3, 0.4) is 0 Å². The molecular formula is C30H38O6Si. The Kier molecular flexibility index (Phi) is 8.35. The van der Waals surface area contributed by atoms with Crippen LogP contribution in [0.5, 0.6) is 0 Å².